The highest BCUT2D eigenvalue weighted by Crippen LogP contribution is 2.30. The summed E-state index contributed by atoms with van der Waals surface area (Å²) >= 11 is 0. The molecule has 1 amide bonds. The molecule has 0 unspecified atom stereocenters. The number of hydrogen-bond acceptors (Lipinski definition) is 4. The molecule has 0 bridgehead atoms. The van der Waals surface area contributed by atoms with Gasteiger partial charge in [0.25, 0.3) is 5.91 Å². The van der Waals surface area contributed by atoms with Gasteiger partial charge in [-0.3, -0.25) is 4.79 Å². The highest BCUT2D eigenvalue weighted by Gasteiger charge is 2.25. The Hall–Kier alpha value is -3.23. The molecule has 0 spiro atoms. The molecule has 3 aromatic rings. The van der Waals surface area contributed by atoms with Crippen LogP contribution in [0.25, 0.3) is 11.8 Å². The van der Waals surface area contributed by atoms with Crippen LogP contribution in [-0.4, -0.2) is 37.7 Å². The summed E-state index contributed by atoms with van der Waals surface area (Å²) in [6.45, 7) is 0.519. The number of amides is 1. The molecule has 4 rings (SSSR count). The van der Waals surface area contributed by atoms with Gasteiger partial charge in [-0.15, -0.1) is 0 Å². The number of aromatic nitrogens is 2. The maximum Gasteiger partial charge on any atom is 0.251 e. The van der Waals surface area contributed by atoms with Gasteiger partial charge in [-0.25, -0.2) is 17.8 Å². The van der Waals surface area contributed by atoms with Crippen LogP contribution in [0.1, 0.15) is 11.1 Å². The summed E-state index contributed by atoms with van der Waals surface area (Å²) in [6.07, 6.45) is 7.41. The fraction of sp³-hybridized carbons (Fsp3) is 0.143. The Balaban J connectivity index is 1.50. The number of carbonyl (C=O) groups excluding carboxylic acids is 1. The van der Waals surface area contributed by atoms with Gasteiger partial charge in [0.05, 0.1) is 16.8 Å². The van der Waals surface area contributed by atoms with Crippen molar-refractivity contribution in [1.29, 1.82) is 0 Å². The van der Waals surface area contributed by atoms with Crippen molar-refractivity contribution in [2.75, 3.05) is 18.5 Å². The number of benzene rings is 2. The van der Waals surface area contributed by atoms with E-state index in [1.165, 1.54) is 19.2 Å². The van der Waals surface area contributed by atoms with E-state index in [9.17, 15) is 13.2 Å². The van der Waals surface area contributed by atoms with Crippen molar-refractivity contribution in [3.8, 4) is 5.69 Å². The molecule has 1 aliphatic rings. The summed E-state index contributed by atoms with van der Waals surface area (Å²) in [4.78, 5) is 14.5. The van der Waals surface area contributed by atoms with E-state index < -0.39 is 10.0 Å². The summed E-state index contributed by atoms with van der Waals surface area (Å²) in [5.74, 6) is -0.152. The molecule has 0 radical (unpaired) electrons. The quantitative estimate of drug-likeness (QED) is 0.657. The van der Waals surface area contributed by atoms with Crippen LogP contribution < -0.4 is 9.62 Å². The molecule has 0 fully saturated rings. The van der Waals surface area contributed by atoms with Crippen molar-refractivity contribution < 1.29 is 13.2 Å². The lowest BCUT2D eigenvalue weighted by Crippen LogP contribution is -2.26. The minimum absolute atomic E-state index is 0.152. The molecular formula is C21H20N4O3S. The van der Waals surface area contributed by atoms with Crippen LogP contribution >= 0.6 is 0 Å². The number of sulfonamides is 1. The van der Waals surface area contributed by atoms with Gasteiger partial charge >= 0.3 is 0 Å². The second-order valence-electron chi connectivity index (χ2n) is 6.63. The number of para-hydroxylation sites is 1. The Morgan fingerprint density at radius 3 is 2.72 bits per heavy atom. The predicted molar refractivity (Wildman–Crippen MR) is 111 cm³/mol. The van der Waals surface area contributed by atoms with Gasteiger partial charge in [-0.05, 0) is 55.4 Å². The van der Waals surface area contributed by atoms with E-state index in [-0.39, 0.29) is 10.8 Å². The number of hydrogen-bond donors (Lipinski definition) is 1. The standard InChI is InChI=1S/C21H20N4O3S/c1-22-29(27,28)19-8-9-20-17(13-19)11-12-24(20)21(26)10-7-16-14-23-25(15-16)18-5-3-2-4-6-18/h2-10,13-15,22H,11-12H2,1H3/b10-7+. The van der Waals surface area contributed by atoms with Crippen molar-refractivity contribution in [3.05, 3.63) is 78.1 Å². The zero-order valence-corrected chi connectivity index (χ0v) is 16.6. The number of nitrogens with one attached hydrogen (secondary N) is 1. The highest BCUT2D eigenvalue weighted by atomic mass is 32.2. The third-order valence-corrected chi connectivity index (χ3v) is 6.25. The molecule has 0 saturated carbocycles. The zero-order chi connectivity index (χ0) is 20.4. The van der Waals surface area contributed by atoms with E-state index in [1.807, 2.05) is 36.5 Å². The average Bonchev–Trinajstić information content (AvgIpc) is 3.39. The van der Waals surface area contributed by atoms with Gasteiger partial charge in [-0.2, -0.15) is 5.10 Å². The first-order chi connectivity index (χ1) is 14.0. The van der Waals surface area contributed by atoms with E-state index in [4.69, 9.17) is 0 Å². The Morgan fingerprint density at radius 1 is 1.17 bits per heavy atom. The van der Waals surface area contributed by atoms with Crippen LogP contribution in [0.15, 0.2) is 71.9 Å². The number of nitrogens with zero attached hydrogens (tertiary/aromatic N) is 3. The molecule has 1 aliphatic heterocycles. The third-order valence-electron chi connectivity index (χ3n) is 4.83. The minimum atomic E-state index is -3.50. The van der Waals surface area contributed by atoms with Gasteiger partial charge < -0.3 is 4.90 Å². The van der Waals surface area contributed by atoms with Crippen molar-refractivity contribution in [2.45, 2.75) is 11.3 Å². The fourth-order valence-corrected chi connectivity index (χ4v) is 4.07. The molecule has 0 saturated heterocycles. The van der Waals surface area contributed by atoms with E-state index in [1.54, 1.807) is 34.0 Å². The molecule has 0 aliphatic carbocycles. The van der Waals surface area contributed by atoms with Crippen LogP contribution in [0, 0.1) is 0 Å². The molecule has 2 heterocycles. The van der Waals surface area contributed by atoms with E-state index in [0.717, 1.165) is 22.5 Å². The molecule has 148 valence electrons. The van der Waals surface area contributed by atoms with Crippen LogP contribution in [0.2, 0.25) is 0 Å². The predicted octanol–water partition coefficient (Wildman–Crippen LogP) is 2.38. The van der Waals surface area contributed by atoms with Gasteiger partial charge in [0.2, 0.25) is 10.0 Å². The maximum atomic E-state index is 12.7. The molecule has 7 nitrogen and oxygen atoms in total. The van der Waals surface area contributed by atoms with Crippen LogP contribution in [0.3, 0.4) is 0 Å². The van der Waals surface area contributed by atoms with Gasteiger partial charge in [0.15, 0.2) is 0 Å². The number of carbonyl (C=O) groups is 1. The smallest absolute Gasteiger partial charge is 0.251 e. The van der Waals surface area contributed by atoms with Crippen molar-refractivity contribution in [3.63, 3.8) is 0 Å². The van der Waals surface area contributed by atoms with E-state index in [2.05, 4.69) is 9.82 Å². The third kappa shape index (κ3) is 3.85. The maximum absolute atomic E-state index is 12.7. The Bertz CT molecular complexity index is 1180. The Kier molecular flexibility index (Phi) is 5.04. The van der Waals surface area contributed by atoms with Crippen LogP contribution in [-0.2, 0) is 21.2 Å². The van der Waals surface area contributed by atoms with Crippen LogP contribution in [0.5, 0.6) is 0 Å². The second kappa shape index (κ2) is 7.65. The SMILES string of the molecule is CNS(=O)(=O)c1ccc2c(c1)CCN2C(=O)/C=C/c1cnn(-c2ccccc2)c1. The largest absolute Gasteiger partial charge is 0.308 e. The molecule has 2 aromatic carbocycles. The monoisotopic (exact) mass is 408 g/mol. The lowest BCUT2D eigenvalue weighted by Gasteiger charge is -2.15. The van der Waals surface area contributed by atoms with Crippen molar-refractivity contribution in [1.82, 2.24) is 14.5 Å². The number of anilines is 1. The van der Waals surface area contributed by atoms with Crippen molar-refractivity contribution in [2.24, 2.45) is 0 Å². The topological polar surface area (TPSA) is 84.3 Å². The van der Waals surface area contributed by atoms with Crippen LogP contribution in [0.4, 0.5) is 5.69 Å². The second-order valence-corrected chi connectivity index (χ2v) is 8.51. The van der Waals surface area contributed by atoms with Crippen molar-refractivity contribution >= 4 is 27.7 Å². The molecule has 1 N–H and O–H groups in total. The van der Waals surface area contributed by atoms with Gasteiger partial charge in [0.1, 0.15) is 0 Å². The summed E-state index contributed by atoms with van der Waals surface area (Å²) in [7, 11) is -2.12. The first-order valence-electron chi connectivity index (χ1n) is 9.14. The van der Waals surface area contributed by atoms with Gasteiger partial charge in [-0.1, -0.05) is 18.2 Å². The normalized spacial score (nSPS) is 13.8. The summed E-state index contributed by atoms with van der Waals surface area (Å²) < 4.78 is 28.0. The Labute approximate surface area is 169 Å². The Morgan fingerprint density at radius 2 is 1.97 bits per heavy atom. The molecular weight excluding hydrogens is 388 g/mol. The highest BCUT2D eigenvalue weighted by molar-refractivity contribution is 7.89. The average molecular weight is 408 g/mol. The minimum Gasteiger partial charge on any atom is -0.308 e. The summed E-state index contributed by atoms with van der Waals surface area (Å²) in [6, 6.07) is 14.6. The lowest BCUT2D eigenvalue weighted by atomic mass is 10.2. The molecule has 8 heteroatoms. The lowest BCUT2D eigenvalue weighted by molar-refractivity contribution is -0.114. The summed E-state index contributed by atoms with van der Waals surface area (Å²) in [5, 5.41) is 4.32. The van der Waals surface area contributed by atoms with E-state index in [0.29, 0.717) is 13.0 Å². The molecule has 1 aromatic heterocycles. The first kappa shape index (κ1) is 19.1. The first-order valence-corrected chi connectivity index (χ1v) is 10.6. The zero-order valence-electron chi connectivity index (χ0n) is 15.8. The molecule has 0 atom stereocenters. The number of rotatable bonds is 5. The fourth-order valence-electron chi connectivity index (χ4n) is 3.29. The van der Waals surface area contributed by atoms with E-state index >= 15 is 0 Å². The molecule has 29 heavy (non-hydrogen) atoms. The summed E-state index contributed by atoms with van der Waals surface area (Å²) in [5.41, 5.74) is 3.35. The number of fused-ring (bicyclic) bond motifs is 1. The van der Waals surface area contributed by atoms with Gasteiger partial charge in [0, 0.05) is 30.1 Å².